The Kier molecular flexibility index (Phi) is 4.06. The second-order valence-corrected chi connectivity index (χ2v) is 5.31. The van der Waals surface area contributed by atoms with Gasteiger partial charge in [0.25, 0.3) is 0 Å². The molecule has 2 N–H and O–H groups in total. The third-order valence-electron chi connectivity index (χ3n) is 3.34. The fourth-order valence-electron chi connectivity index (χ4n) is 1.94. The van der Waals surface area contributed by atoms with Gasteiger partial charge in [0.2, 0.25) is 0 Å². The highest BCUT2D eigenvalue weighted by Gasteiger charge is 2.22. The molecule has 0 heterocycles. The Labute approximate surface area is 104 Å². The van der Waals surface area contributed by atoms with Crippen LogP contribution in [-0.2, 0) is 6.42 Å². The van der Waals surface area contributed by atoms with Gasteiger partial charge in [-0.2, -0.15) is 0 Å². The SMILES string of the molecule is CC(C)c1ccc(OCC2CC2)c(CCN)c1. The number of rotatable bonds is 6. The molecular weight excluding hydrogens is 210 g/mol. The van der Waals surface area contributed by atoms with E-state index in [4.69, 9.17) is 10.5 Å². The van der Waals surface area contributed by atoms with Crippen LogP contribution in [0.25, 0.3) is 0 Å². The molecule has 0 saturated heterocycles. The van der Waals surface area contributed by atoms with Crippen molar-refractivity contribution >= 4 is 0 Å². The van der Waals surface area contributed by atoms with E-state index in [1.807, 2.05) is 0 Å². The van der Waals surface area contributed by atoms with Crippen molar-refractivity contribution in [2.24, 2.45) is 11.7 Å². The molecule has 1 aliphatic rings. The fourth-order valence-corrected chi connectivity index (χ4v) is 1.94. The molecule has 1 aromatic rings. The molecular formula is C15H23NO. The van der Waals surface area contributed by atoms with Crippen LogP contribution in [-0.4, -0.2) is 13.2 Å². The zero-order valence-corrected chi connectivity index (χ0v) is 10.9. The van der Waals surface area contributed by atoms with Crippen LogP contribution in [0.15, 0.2) is 18.2 Å². The lowest BCUT2D eigenvalue weighted by Gasteiger charge is -2.14. The molecule has 17 heavy (non-hydrogen) atoms. The first kappa shape index (κ1) is 12.4. The van der Waals surface area contributed by atoms with Crippen LogP contribution in [0.4, 0.5) is 0 Å². The summed E-state index contributed by atoms with van der Waals surface area (Å²) in [7, 11) is 0. The third-order valence-corrected chi connectivity index (χ3v) is 3.34. The predicted octanol–water partition coefficient (Wildman–Crippen LogP) is 3.10. The number of hydrogen-bond donors (Lipinski definition) is 1. The summed E-state index contributed by atoms with van der Waals surface area (Å²) in [4.78, 5) is 0. The molecule has 1 saturated carbocycles. The molecule has 0 amide bonds. The molecule has 0 aromatic heterocycles. The predicted molar refractivity (Wildman–Crippen MR) is 71.5 cm³/mol. The lowest BCUT2D eigenvalue weighted by atomic mass is 9.99. The maximum absolute atomic E-state index is 5.89. The van der Waals surface area contributed by atoms with Crippen LogP contribution in [0.2, 0.25) is 0 Å². The van der Waals surface area contributed by atoms with Crippen molar-refractivity contribution in [3.05, 3.63) is 29.3 Å². The lowest BCUT2D eigenvalue weighted by molar-refractivity contribution is 0.296. The summed E-state index contributed by atoms with van der Waals surface area (Å²) in [6, 6.07) is 6.54. The van der Waals surface area contributed by atoms with Gasteiger partial charge in [-0.15, -0.1) is 0 Å². The van der Waals surface area contributed by atoms with Gasteiger partial charge in [-0.3, -0.25) is 0 Å². The molecule has 0 spiro atoms. The average Bonchev–Trinajstić information content (AvgIpc) is 3.11. The second kappa shape index (κ2) is 5.54. The Morgan fingerprint density at radius 3 is 2.71 bits per heavy atom. The van der Waals surface area contributed by atoms with E-state index in [1.54, 1.807) is 0 Å². The van der Waals surface area contributed by atoms with Crippen LogP contribution < -0.4 is 10.5 Å². The quantitative estimate of drug-likeness (QED) is 0.819. The molecule has 94 valence electrons. The van der Waals surface area contributed by atoms with Crippen LogP contribution in [0.1, 0.15) is 43.7 Å². The Morgan fingerprint density at radius 2 is 2.12 bits per heavy atom. The topological polar surface area (TPSA) is 35.2 Å². The Hall–Kier alpha value is -1.02. The van der Waals surface area contributed by atoms with Crippen molar-refractivity contribution in [3.63, 3.8) is 0 Å². The Morgan fingerprint density at radius 1 is 1.35 bits per heavy atom. The normalized spacial score (nSPS) is 15.3. The molecule has 0 aliphatic heterocycles. The van der Waals surface area contributed by atoms with Gasteiger partial charge in [-0.25, -0.2) is 0 Å². The highest BCUT2D eigenvalue weighted by Crippen LogP contribution is 2.31. The van der Waals surface area contributed by atoms with Gasteiger partial charge in [0, 0.05) is 0 Å². The largest absolute Gasteiger partial charge is 0.493 e. The van der Waals surface area contributed by atoms with Gasteiger partial charge in [0.05, 0.1) is 6.61 Å². The molecule has 1 aliphatic carbocycles. The first-order chi connectivity index (χ1) is 8.20. The number of hydrogen-bond acceptors (Lipinski definition) is 2. The zero-order chi connectivity index (χ0) is 12.3. The molecule has 0 unspecified atom stereocenters. The lowest BCUT2D eigenvalue weighted by Crippen LogP contribution is -2.07. The Bertz CT molecular complexity index is 369. The molecule has 1 fully saturated rings. The van der Waals surface area contributed by atoms with E-state index in [0.29, 0.717) is 12.5 Å². The second-order valence-electron chi connectivity index (χ2n) is 5.31. The number of nitrogens with two attached hydrogens (primary N) is 1. The Balaban J connectivity index is 2.10. The maximum Gasteiger partial charge on any atom is 0.122 e. The fraction of sp³-hybridized carbons (Fsp3) is 0.600. The summed E-state index contributed by atoms with van der Waals surface area (Å²) in [6.45, 7) is 5.98. The summed E-state index contributed by atoms with van der Waals surface area (Å²) in [5.74, 6) is 2.39. The van der Waals surface area contributed by atoms with Gasteiger partial charge < -0.3 is 10.5 Å². The van der Waals surface area contributed by atoms with Gasteiger partial charge in [0.1, 0.15) is 5.75 Å². The van der Waals surface area contributed by atoms with Crippen LogP contribution in [0.5, 0.6) is 5.75 Å². The molecule has 2 heteroatoms. The van der Waals surface area contributed by atoms with Gasteiger partial charge >= 0.3 is 0 Å². The molecule has 0 atom stereocenters. The summed E-state index contributed by atoms with van der Waals surface area (Å²) in [6.07, 6.45) is 3.56. The van der Waals surface area contributed by atoms with Crippen LogP contribution >= 0.6 is 0 Å². The standard InChI is InChI=1S/C15H23NO/c1-11(2)13-5-6-15(14(9-13)7-8-16)17-10-12-3-4-12/h5-6,9,11-12H,3-4,7-8,10,16H2,1-2H3. The minimum absolute atomic E-state index is 0.559. The summed E-state index contributed by atoms with van der Waals surface area (Å²) in [5.41, 5.74) is 8.30. The van der Waals surface area contributed by atoms with Crippen LogP contribution in [0.3, 0.4) is 0 Å². The van der Waals surface area contributed by atoms with Crippen molar-refractivity contribution < 1.29 is 4.74 Å². The molecule has 0 bridgehead atoms. The van der Waals surface area contributed by atoms with Crippen LogP contribution in [0, 0.1) is 5.92 Å². The van der Waals surface area contributed by atoms with Gasteiger partial charge in [-0.1, -0.05) is 26.0 Å². The van der Waals surface area contributed by atoms with E-state index >= 15 is 0 Å². The van der Waals surface area contributed by atoms with E-state index in [1.165, 1.54) is 24.0 Å². The third kappa shape index (κ3) is 3.47. The van der Waals surface area contributed by atoms with E-state index in [2.05, 4.69) is 32.0 Å². The highest BCUT2D eigenvalue weighted by molar-refractivity contribution is 5.38. The van der Waals surface area contributed by atoms with Crippen molar-refractivity contribution in [1.82, 2.24) is 0 Å². The van der Waals surface area contributed by atoms with E-state index in [0.717, 1.165) is 24.7 Å². The maximum atomic E-state index is 5.89. The smallest absolute Gasteiger partial charge is 0.122 e. The van der Waals surface area contributed by atoms with Gasteiger partial charge in [0.15, 0.2) is 0 Å². The summed E-state index contributed by atoms with van der Waals surface area (Å²) < 4.78 is 5.89. The molecule has 1 aromatic carbocycles. The molecule has 2 nitrogen and oxygen atoms in total. The van der Waals surface area contributed by atoms with Crippen molar-refractivity contribution in [2.75, 3.05) is 13.2 Å². The van der Waals surface area contributed by atoms with Crippen molar-refractivity contribution in [1.29, 1.82) is 0 Å². The minimum Gasteiger partial charge on any atom is -0.493 e. The zero-order valence-electron chi connectivity index (χ0n) is 10.9. The average molecular weight is 233 g/mol. The summed E-state index contributed by atoms with van der Waals surface area (Å²) >= 11 is 0. The molecule has 0 radical (unpaired) electrons. The number of ether oxygens (including phenoxy) is 1. The monoisotopic (exact) mass is 233 g/mol. The first-order valence-electron chi connectivity index (χ1n) is 6.66. The summed E-state index contributed by atoms with van der Waals surface area (Å²) in [5, 5.41) is 0. The van der Waals surface area contributed by atoms with Gasteiger partial charge in [-0.05, 0) is 54.8 Å². The van der Waals surface area contributed by atoms with E-state index in [-0.39, 0.29) is 0 Å². The minimum atomic E-state index is 0.559. The van der Waals surface area contributed by atoms with E-state index in [9.17, 15) is 0 Å². The van der Waals surface area contributed by atoms with Crippen molar-refractivity contribution in [2.45, 2.75) is 39.0 Å². The highest BCUT2D eigenvalue weighted by atomic mass is 16.5. The number of benzene rings is 1. The molecule has 2 rings (SSSR count). The first-order valence-corrected chi connectivity index (χ1v) is 6.66. The van der Waals surface area contributed by atoms with Crippen molar-refractivity contribution in [3.8, 4) is 5.75 Å². The van der Waals surface area contributed by atoms with E-state index < -0.39 is 0 Å².